The van der Waals surface area contributed by atoms with Gasteiger partial charge in [-0.25, -0.2) is 13.6 Å². The average Bonchev–Trinajstić information content (AvgIpc) is 3.20. The molecule has 0 spiro atoms. The van der Waals surface area contributed by atoms with E-state index in [2.05, 4.69) is 20.6 Å². The van der Waals surface area contributed by atoms with Gasteiger partial charge in [-0.15, -0.1) is 0 Å². The molecule has 2 amide bonds. The Morgan fingerprint density at radius 3 is 2.47 bits per heavy atom. The van der Waals surface area contributed by atoms with Crippen LogP contribution in [0.15, 0.2) is 55.0 Å². The van der Waals surface area contributed by atoms with Crippen molar-refractivity contribution in [2.45, 2.75) is 45.9 Å². The van der Waals surface area contributed by atoms with Crippen LogP contribution in [0.3, 0.4) is 0 Å². The van der Waals surface area contributed by atoms with Gasteiger partial charge in [0.25, 0.3) is 5.91 Å². The van der Waals surface area contributed by atoms with Crippen LogP contribution < -0.4 is 10.6 Å². The summed E-state index contributed by atoms with van der Waals surface area (Å²) in [7, 11) is 0. The number of carbonyl (C=O) groups is 2. The molecule has 0 saturated carbocycles. The van der Waals surface area contributed by atoms with Crippen molar-refractivity contribution in [2.24, 2.45) is 0 Å². The van der Waals surface area contributed by atoms with Gasteiger partial charge < -0.3 is 20.4 Å². The van der Waals surface area contributed by atoms with Crippen molar-refractivity contribution < 1.29 is 23.1 Å². The van der Waals surface area contributed by atoms with Crippen molar-refractivity contribution in [2.75, 3.05) is 0 Å². The zero-order valence-corrected chi connectivity index (χ0v) is 21.9. The molecule has 0 aliphatic rings. The van der Waals surface area contributed by atoms with Gasteiger partial charge in [0.2, 0.25) is 0 Å². The number of alkyl carbamates (subject to hydrolysis) is 1. The molecule has 4 rings (SSSR count). The highest BCUT2D eigenvalue weighted by molar-refractivity contribution is 6.35. The number of nitrogens with zero attached hydrogens (tertiary/aromatic N) is 1. The van der Waals surface area contributed by atoms with Crippen LogP contribution >= 0.6 is 11.6 Å². The lowest BCUT2D eigenvalue weighted by molar-refractivity contribution is 0.0523. The topological polar surface area (TPSA) is 96.1 Å². The Balaban J connectivity index is 1.37. The number of carbonyl (C=O) groups excluding carboxylic acids is 2. The van der Waals surface area contributed by atoms with Crippen LogP contribution in [0.2, 0.25) is 5.02 Å². The van der Waals surface area contributed by atoms with Crippen LogP contribution in [0, 0.1) is 11.6 Å². The molecular weight excluding hydrogens is 514 g/mol. The number of benzene rings is 2. The molecule has 0 fully saturated rings. The van der Waals surface area contributed by atoms with Crippen LogP contribution in [0.5, 0.6) is 0 Å². The number of nitrogens with one attached hydrogen (secondary N) is 3. The van der Waals surface area contributed by atoms with Crippen molar-refractivity contribution in [1.29, 1.82) is 0 Å². The Morgan fingerprint density at radius 1 is 0.974 bits per heavy atom. The monoisotopic (exact) mass is 540 g/mol. The summed E-state index contributed by atoms with van der Waals surface area (Å²) >= 11 is 6.11. The standard InChI is InChI=1S/C28H27ClF2N4O3/c1-28(2,3)38-27(37)35-12-16-4-5-18(23(30)8-16)6-17-7-20(13-32-11-17)26(36)34-14-19-9-21-22(29)15-33-25(21)10-24(19)31/h4-5,7-11,13,15,33H,6,12,14H2,1-3H3,(H,34,36)(H,35,37). The van der Waals surface area contributed by atoms with Gasteiger partial charge >= 0.3 is 6.09 Å². The lowest BCUT2D eigenvalue weighted by Crippen LogP contribution is -2.32. The third-order valence-corrected chi connectivity index (χ3v) is 5.96. The first kappa shape index (κ1) is 27.1. The minimum atomic E-state index is -0.625. The van der Waals surface area contributed by atoms with E-state index in [-0.39, 0.29) is 25.1 Å². The van der Waals surface area contributed by atoms with Crippen LogP contribution in [0.1, 0.15) is 53.4 Å². The Bertz CT molecular complexity index is 1500. The van der Waals surface area contributed by atoms with E-state index in [9.17, 15) is 18.4 Å². The molecule has 2 aromatic heterocycles. The molecule has 38 heavy (non-hydrogen) atoms. The maximum Gasteiger partial charge on any atom is 0.407 e. The molecule has 2 aromatic carbocycles. The lowest BCUT2D eigenvalue weighted by Gasteiger charge is -2.19. The highest BCUT2D eigenvalue weighted by atomic mass is 35.5. The number of halogens is 3. The first-order valence-corrected chi connectivity index (χ1v) is 12.3. The Labute approximate surface area is 223 Å². The Hall–Kier alpha value is -3.98. The number of ether oxygens (including phenoxy) is 1. The largest absolute Gasteiger partial charge is 0.444 e. The van der Waals surface area contributed by atoms with Gasteiger partial charge in [-0.1, -0.05) is 23.7 Å². The second-order valence-electron chi connectivity index (χ2n) is 9.85. The summed E-state index contributed by atoms with van der Waals surface area (Å²) in [6, 6.07) is 9.22. The Morgan fingerprint density at radius 2 is 1.74 bits per heavy atom. The molecule has 0 radical (unpaired) electrons. The zero-order valence-electron chi connectivity index (χ0n) is 21.1. The number of pyridine rings is 1. The SMILES string of the molecule is CC(C)(C)OC(=O)NCc1ccc(Cc2cncc(C(=O)NCc3cc4c(Cl)c[nH]c4cc3F)c2)c(F)c1. The smallest absolute Gasteiger partial charge is 0.407 e. The number of H-pyrrole nitrogens is 1. The fourth-order valence-electron chi connectivity index (χ4n) is 3.83. The number of rotatable bonds is 7. The summed E-state index contributed by atoms with van der Waals surface area (Å²) in [6.07, 6.45) is 4.14. The molecule has 10 heteroatoms. The minimum absolute atomic E-state index is 0.0419. The van der Waals surface area contributed by atoms with Gasteiger partial charge in [0.15, 0.2) is 0 Å². The molecule has 0 aliphatic heterocycles. The normalized spacial score (nSPS) is 11.4. The number of hydrogen-bond donors (Lipinski definition) is 3. The highest BCUT2D eigenvalue weighted by Crippen LogP contribution is 2.26. The van der Waals surface area contributed by atoms with Gasteiger partial charge in [-0.3, -0.25) is 9.78 Å². The van der Waals surface area contributed by atoms with Crippen LogP contribution in [-0.2, 0) is 24.2 Å². The molecular formula is C28H27ClF2N4O3. The van der Waals surface area contributed by atoms with E-state index in [0.29, 0.717) is 38.2 Å². The number of fused-ring (bicyclic) bond motifs is 1. The lowest BCUT2D eigenvalue weighted by atomic mass is 10.0. The van der Waals surface area contributed by atoms with Gasteiger partial charge in [-0.05, 0) is 61.7 Å². The second kappa shape index (κ2) is 11.2. The molecule has 7 nitrogen and oxygen atoms in total. The molecule has 0 saturated heterocycles. The predicted molar refractivity (Wildman–Crippen MR) is 141 cm³/mol. The van der Waals surface area contributed by atoms with E-state index in [1.807, 2.05) is 0 Å². The zero-order chi connectivity index (χ0) is 27.4. The molecule has 0 bridgehead atoms. The summed E-state index contributed by atoms with van der Waals surface area (Å²) in [5, 5.41) is 6.41. The number of aromatic nitrogens is 2. The molecule has 0 unspecified atom stereocenters. The van der Waals surface area contributed by atoms with Crippen molar-refractivity contribution in [3.8, 4) is 0 Å². The summed E-state index contributed by atoms with van der Waals surface area (Å²) < 4.78 is 34.4. The van der Waals surface area contributed by atoms with Crippen LogP contribution in [0.25, 0.3) is 10.9 Å². The quantitative estimate of drug-likeness (QED) is 0.266. The molecule has 0 atom stereocenters. The average molecular weight is 541 g/mol. The second-order valence-corrected chi connectivity index (χ2v) is 10.3. The number of aromatic amines is 1. The first-order valence-electron chi connectivity index (χ1n) is 11.9. The summed E-state index contributed by atoms with van der Waals surface area (Å²) in [4.78, 5) is 31.5. The first-order chi connectivity index (χ1) is 18.0. The van der Waals surface area contributed by atoms with E-state index in [0.717, 1.165) is 0 Å². The molecule has 4 aromatic rings. The summed E-state index contributed by atoms with van der Waals surface area (Å²) in [5.74, 6) is -1.36. The fourth-order valence-corrected chi connectivity index (χ4v) is 4.04. The van der Waals surface area contributed by atoms with Crippen LogP contribution in [-0.4, -0.2) is 27.6 Å². The maximum absolute atomic E-state index is 14.8. The highest BCUT2D eigenvalue weighted by Gasteiger charge is 2.16. The summed E-state index contributed by atoms with van der Waals surface area (Å²) in [5.41, 5.74) is 2.11. The van der Waals surface area contributed by atoms with Crippen molar-refractivity contribution >= 4 is 34.5 Å². The fraction of sp³-hybridized carbons (Fsp3) is 0.250. The van der Waals surface area contributed by atoms with Gasteiger partial charge in [-0.2, -0.15) is 0 Å². The maximum atomic E-state index is 14.8. The predicted octanol–water partition coefficient (Wildman–Crippen LogP) is 6.04. The number of amides is 2. The molecule has 3 N–H and O–H groups in total. The van der Waals surface area contributed by atoms with Crippen molar-refractivity contribution in [3.63, 3.8) is 0 Å². The van der Waals surface area contributed by atoms with E-state index in [4.69, 9.17) is 16.3 Å². The third kappa shape index (κ3) is 6.86. The van der Waals surface area contributed by atoms with Gasteiger partial charge in [0.05, 0.1) is 10.6 Å². The van der Waals surface area contributed by atoms with Crippen molar-refractivity contribution in [3.05, 3.63) is 99.5 Å². The van der Waals surface area contributed by atoms with E-state index < -0.39 is 29.2 Å². The van der Waals surface area contributed by atoms with Gasteiger partial charge in [0.1, 0.15) is 17.2 Å². The number of hydrogen-bond acceptors (Lipinski definition) is 4. The minimum Gasteiger partial charge on any atom is -0.444 e. The molecule has 198 valence electrons. The summed E-state index contributed by atoms with van der Waals surface area (Å²) in [6.45, 7) is 5.35. The van der Waals surface area contributed by atoms with E-state index in [1.165, 1.54) is 18.3 Å². The molecule has 0 aliphatic carbocycles. The molecule has 2 heterocycles. The third-order valence-electron chi connectivity index (χ3n) is 5.64. The Kier molecular flexibility index (Phi) is 7.97. The van der Waals surface area contributed by atoms with Crippen molar-refractivity contribution in [1.82, 2.24) is 20.6 Å². The van der Waals surface area contributed by atoms with E-state index in [1.54, 1.807) is 57.4 Å². The van der Waals surface area contributed by atoms with E-state index >= 15 is 0 Å². The van der Waals surface area contributed by atoms with Crippen LogP contribution in [0.4, 0.5) is 13.6 Å². The van der Waals surface area contributed by atoms with Gasteiger partial charge in [0, 0.05) is 54.6 Å².